The molecule has 1 heterocycles. The zero-order valence-corrected chi connectivity index (χ0v) is 11.2. The molecule has 0 amide bonds. The zero-order chi connectivity index (χ0) is 13.1. The fraction of sp³-hybridized carbons (Fsp3) is 0.167. The SMILES string of the molecule is COc1ccc(Cn2nc(O)c(Br)cc2=O)cc1. The van der Waals surface area contributed by atoms with Crippen LogP contribution in [0.4, 0.5) is 0 Å². The molecule has 2 aromatic rings. The summed E-state index contributed by atoms with van der Waals surface area (Å²) in [6.45, 7) is 0.295. The minimum atomic E-state index is -0.282. The molecule has 0 aliphatic carbocycles. The van der Waals surface area contributed by atoms with Crippen molar-refractivity contribution in [3.05, 3.63) is 50.7 Å². The number of ether oxygens (including phenoxy) is 1. The number of rotatable bonds is 3. The van der Waals surface area contributed by atoms with Gasteiger partial charge in [-0.05, 0) is 33.6 Å². The summed E-state index contributed by atoms with van der Waals surface area (Å²) in [7, 11) is 1.59. The summed E-state index contributed by atoms with van der Waals surface area (Å²) in [4.78, 5) is 11.7. The summed E-state index contributed by atoms with van der Waals surface area (Å²) >= 11 is 3.04. The maximum atomic E-state index is 11.7. The minimum absolute atomic E-state index is 0.205. The summed E-state index contributed by atoms with van der Waals surface area (Å²) in [6, 6.07) is 8.57. The minimum Gasteiger partial charge on any atom is -0.497 e. The lowest BCUT2D eigenvalue weighted by molar-refractivity contribution is 0.413. The molecule has 0 atom stereocenters. The largest absolute Gasteiger partial charge is 0.497 e. The average molecular weight is 311 g/mol. The predicted octanol–water partition coefficient (Wildman–Crippen LogP) is 1.77. The number of aromatic hydroxyl groups is 1. The Balaban J connectivity index is 2.28. The second kappa shape index (κ2) is 5.22. The van der Waals surface area contributed by atoms with Crippen molar-refractivity contribution in [3.63, 3.8) is 0 Å². The van der Waals surface area contributed by atoms with E-state index < -0.39 is 0 Å². The number of benzene rings is 1. The molecule has 18 heavy (non-hydrogen) atoms. The Hall–Kier alpha value is -1.82. The lowest BCUT2D eigenvalue weighted by Gasteiger charge is -2.06. The van der Waals surface area contributed by atoms with Crippen molar-refractivity contribution in [2.24, 2.45) is 0 Å². The van der Waals surface area contributed by atoms with Crippen LogP contribution in [0.5, 0.6) is 11.6 Å². The van der Waals surface area contributed by atoms with Gasteiger partial charge in [-0.15, -0.1) is 5.10 Å². The van der Waals surface area contributed by atoms with Crippen LogP contribution in [0.15, 0.2) is 39.6 Å². The van der Waals surface area contributed by atoms with E-state index in [0.717, 1.165) is 11.3 Å². The van der Waals surface area contributed by atoms with Crippen molar-refractivity contribution in [2.45, 2.75) is 6.54 Å². The van der Waals surface area contributed by atoms with E-state index in [-0.39, 0.29) is 11.4 Å². The fourth-order valence-electron chi connectivity index (χ4n) is 1.48. The molecule has 0 radical (unpaired) electrons. The second-order valence-electron chi connectivity index (χ2n) is 3.66. The molecule has 0 fully saturated rings. The van der Waals surface area contributed by atoms with Crippen LogP contribution in [0.1, 0.15) is 5.56 Å². The van der Waals surface area contributed by atoms with Crippen molar-refractivity contribution in [1.82, 2.24) is 9.78 Å². The predicted molar refractivity (Wildman–Crippen MR) is 70.0 cm³/mol. The first-order valence-corrected chi connectivity index (χ1v) is 5.99. The lowest BCUT2D eigenvalue weighted by atomic mass is 10.2. The molecule has 5 nitrogen and oxygen atoms in total. The van der Waals surface area contributed by atoms with Crippen molar-refractivity contribution in [2.75, 3.05) is 7.11 Å². The highest BCUT2D eigenvalue weighted by Crippen LogP contribution is 2.17. The summed E-state index contributed by atoms with van der Waals surface area (Å²) in [5, 5.41) is 13.2. The van der Waals surface area contributed by atoms with Crippen molar-refractivity contribution >= 4 is 15.9 Å². The van der Waals surface area contributed by atoms with Crippen LogP contribution in [0, 0.1) is 0 Å². The molecule has 1 aromatic carbocycles. The summed E-state index contributed by atoms with van der Waals surface area (Å²) in [5.74, 6) is 0.542. The number of hydrogen-bond acceptors (Lipinski definition) is 4. The standard InChI is InChI=1S/C12H11BrN2O3/c1-18-9-4-2-8(3-5-9)7-15-11(16)6-10(13)12(17)14-15/h2-6H,7H2,1H3,(H,14,17). The van der Waals surface area contributed by atoms with Gasteiger partial charge in [-0.2, -0.15) is 0 Å². The van der Waals surface area contributed by atoms with E-state index in [1.165, 1.54) is 10.7 Å². The summed E-state index contributed by atoms with van der Waals surface area (Å²) in [5.41, 5.74) is 0.614. The summed E-state index contributed by atoms with van der Waals surface area (Å²) < 4.78 is 6.53. The highest BCUT2D eigenvalue weighted by Gasteiger charge is 2.05. The van der Waals surface area contributed by atoms with Gasteiger partial charge in [0, 0.05) is 6.07 Å². The van der Waals surface area contributed by atoms with Crippen LogP contribution < -0.4 is 10.3 Å². The van der Waals surface area contributed by atoms with Crippen LogP contribution in [0.3, 0.4) is 0 Å². The Labute approximate surface area is 112 Å². The van der Waals surface area contributed by atoms with E-state index in [2.05, 4.69) is 21.0 Å². The van der Waals surface area contributed by atoms with Gasteiger partial charge in [-0.1, -0.05) is 12.1 Å². The van der Waals surface area contributed by atoms with Crippen LogP contribution in [-0.2, 0) is 6.54 Å². The van der Waals surface area contributed by atoms with Gasteiger partial charge in [0.25, 0.3) is 5.56 Å². The van der Waals surface area contributed by atoms with Crippen LogP contribution in [0.25, 0.3) is 0 Å². The van der Waals surface area contributed by atoms with Gasteiger partial charge in [0.15, 0.2) is 0 Å². The molecule has 1 N–H and O–H groups in total. The molecular weight excluding hydrogens is 300 g/mol. The molecule has 0 bridgehead atoms. The van der Waals surface area contributed by atoms with Crippen LogP contribution in [0.2, 0.25) is 0 Å². The first-order valence-electron chi connectivity index (χ1n) is 5.19. The first-order chi connectivity index (χ1) is 8.60. The third-order valence-corrected chi connectivity index (χ3v) is 3.01. The van der Waals surface area contributed by atoms with Crippen LogP contribution >= 0.6 is 15.9 Å². The molecule has 6 heteroatoms. The molecule has 0 unspecified atom stereocenters. The number of hydrogen-bond donors (Lipinski definition) is 1. The van der Waals surface area contributed by atoms with Gasteiger partial charge in [0.2, 0.25) is 5.88 Å². The number of methoxy groups -OCH3 is 1. The van der Waals surface area contributed by atoms with E-state index in [1.807, 2.05) is 12.1 Å². The van der Waals surface area contributed by atoms with Crippen LogP contribution in [-0.4, -0.2) is 22.0 Å². The molecule has 1 aromatic heterocycles. The van der Waals surface area contributed by atoms with E-state index >= 15 is 0 Å². The Kier molecular flexibility index (Phi) is 3.66. The van der Waals surface area contributed by atoms with E-state index in [1.54, 1.807) is 19.2 Å². The van der Waals surface area contributed by atoms with E-state index in [0.29, 0.717) is 11.0 Å². The van der Waals surface area contributed by atoms with Gasteiger partial charge < -0.3 is 9.84 Å². The highest BCUT2D eigenvalue weighted by atomic mass is 79.9. The monoisotopic (exact) mass is 310 g/mol. The van der Waals surface area contributed by atoms with Gasteiger partial charge in [0.1, 0.15) is 5.75 Å². The normalized spacial score (nSPS) is 10.3. The van der Waals surface area contributed by atoms with Crippen molar-refractivity contribution in [3.8, 4) is 11.6 Å². The third kappa shape index (κ3) is 2.70. The molecular formula is C12H11BrN2O3. The van der Waals surface area contributed by atoms with Crippen molar-refractivity contribution in [1.29, 1.82) is 0 Å². The summed E-state index contributed by atoms with van der Waals surface area (Å²) in [6.07, 6.45) is 0. The molecule has 0 spiro atoms. The highest BCUT2D eigenvalue weighted by molar-refractivity contribution is 9.10. The fourth-order valence-corrected chi connectivity index (χ4v) is 1.75. The Bertz CT molecular complexity index is 608. The second-order valence-corrected chi connectivity index (χ2v) is 4.51. The smallest absolute Gasteiger partial charge is 0.268 e. The van der Waals surface area contributed by atoms with Gasteiger partial charge >= 0.3 is 0 Å². The number of halogens is 1. The maximum Gasteiger partial charge on any atom is 0.268 e. The molecule has 94 valence electrons. The number of nitrogens with zero attached hydrogens (tertiary/aromatic N) is 2. The number of aromatic nitrogens is 2. The molecule has 0 aliphatic rings. The Morgan fingerprint density at radius 3 is 2.67 bits per heavy atom. The average Bonchev–Trinajstić information content (AvgIpc) is 2.37. The maximum absolute atomic E-state index is 11.7. The molecule has 2 rings (SSSR count). The van der Waals surface area contributed by atoms with E-state index in [4.69, 9.17) is 4.74 Å². The zero-order valence-electron chi connectivity index (χ0n) is 9.63. The van der Waals surface area contributed by atoms with Gasteiger partial charge in [0.05, 0.1) is 18.1 Å². The molecule has 0 saturated carbocycles. The van der Waals surface area contributed by atoms with E-state index in [9.17, 15) is 9.90 Å². The third-order valence-electron chi connectivity index (χ3n) is 2.43. The topological polar surface area (TPSA) is 64.3 Å². The lowest BCUT2D eigenvalue weighted by Crippen LogP contribution is -2.22. The molecule has 0 aliphatic heterocycles. The Morgan fingerprint density at radius 1 is 1.39 bits per heavy atom. The molecule has 0 saturated heterocycles. The van der Waals surface area contributed by atoms with Crippen molar-refractivity contribution < 1.29 is 9.84 Å². The Morgan fingerprint density at radius 2 is 2.06 bits per heavy atom. The van der Waals surface area contributed by atoms with Gasteiger partial charge in [-0.25, -0.2) is 4.68 Å². The first kappa shape index (κ1) is 12.6. The quantitative estimate of drug-likeness (QED) is 0.938. The van der Waals surface area contributed by atoms with Gasteiger partial charge in [-0.3, -0.25) is 4.79 Å².